The van der Waals surface area contributed by atoms with E-state index in [1.807, 2.05) is 31.2 Å². The number of hydrogen-bond donors (Lipinski definition) is 0. The second-order valence-electron chi connectivity index (χ2n) is 6.67. The lowest BCUT2D eigenvalue weighted by molar-refractivity contribution is -0.148. The molecule has 2 rings (SSSR count). The quantitative estimate of drug-likeness (QED) is 0.464. The second-order valence-corrected chi connectivity index (χ2v) is 13.8. The van der Waals surface area contributed by atoms with Crippen LogP contribution >= 0.6 is 11.8 Å². The van der Waals surface area contributed by atoms with Crippen molar-refractivity contribution in [2.45, 2.75) is 56.3 Å². The van der Waals surface area contributed by atoms with Gasteiger partial charge in [0, 0.05) is 5.75 Å². The summed E-state index contributed by atoms with van der Waals surface area (Å²) in [5, 5.41) is 0. The summed E-state index contributed by atoms with van der Waals surface area (Å²) in [6.45, 7) is 9.65. The predicted octanol–water partition coefficient (Wildman–Crippen LogP) is 4.85. The SMILES string of the molecule is CCOC(=O)[C@@]1([Si](CC)(CC)CC)SCCO[C@@H]1c1ccc(OC)cc1. The summed E-state index contributed by atoms with van der Waals surface area (Å²) in [6, 6.07) is 11.1. The van der Waals surface area contributed by atoms with Crippen LogP contribution in [0.5, 0.6) is 5.75 Å². The fourth-order valence-electron chi connectivity index (χ4n) is 4.26. The Morgan fingerprint density at radius 2 is 1.81 bits per heavy atom. The van der Waals surface area contributed by atoms with Crippen LogP contribution in [0.25, 0.3) is 0 Å². The van der Waals surface area contributed by atoms with E-state index in [0.717, 1.165) is 35.2 Å². The maximum atomic E-state index is 13.4. The molecule has 1 aliphatic heterocycles. The van der Waals surface area contributed by atoms with E-state index in [1.165, 1.54) is 0 Å². The molecule has 26 heavy (non-hydrogen) atoms. The number of esters is 1. The summed E-state index contributed by atoms with van der Waals surface area (Å²) >= 11 is 1.78. The van der Waals surface area contributed by atoms with E-state index in [9.17, 15) is 4.79 Å². The highest BCUT2D eigenvalue weighted by molar-refractivity contribution is 8.03. The molecule has 1 fully saturated rings. The molecular formula is C20H32O4SSi. The first kappa shape index (κ1) is 21.3. The van der Waals surface area contributed by atoms with Gasteiger partial charge in [0.05, 0.1) is 28.4 Å². The van der Waals surface area contributed by atoms with Crippen LogP contribution in [0.2, 0.25) is 18.1 Å². The largest absolute Gasteiger partial charge is 0.497 e. The van der Waals surface area contributed by atoms with Crippen molar-refractivity contribution in [3.05, 3.63) is 29.8 Å². The van der Waals surface area contributed by atoms with Crippen molar-refractivity contribution in [1.82, 2.24) is 0 Å². The van der Waals surface area contributed by atoms with Crippen molar-refractivity contribution in [2.75, 3.05) is 26.1 Å². The summed E-state index contributed by atoms with van der Waals surface area (Å²) in [6.07, 6.45) is -0.266. The number of thioether (sulfide) groups is 1. The molecular weight excluding hydrogens is 364 g/mol. The minimum atomic E-state index is -2.00. The van der Waals surface area contributed by atoms with Gasteiger partial charge in [0.15, 0.2) is 0 Å². The third kappa shape index (κ3) is 3.56. The lowest BCUT2D eigenvalue weighted by atomic mass is 10.0. The van der Waals surface area contributed by atoms with Crippen molar-refractivity contribution in [1.29, 1.82) is 0 Å². The molecule has 0 amide bonds. The molecule has 0 spiro atoms. The molecule has 1 aromatic rings. The normalized spacial score (nSPS) is 23.5. The average molecular weight is 397 g/mol. The van der Waals surface area contributed by atoms with Crippen molar-refractivity contribution in [3.63, 3.8) is 0 Å². The van der Waals surface area contributed by atoms with E-state index in [0.29, 0.717) is 13.2 Å². The minimum absolute atomic E-state index is 0.0808. The molecule has 146 valence electrons. The zero-order valence-corrected chi connectivity index (χ0v) is 18.5. The van der Waals surface area contributed by atoms with E-state index in [4.69, 9.17) is 14.2 Å². The summed E-state index contributed by atoms with van der Waals surface area (Å²) in [5.74, 6) is 1.56. The first-order valence-corrected chi connectivity index (χ1v) is 13.2. The Morgan fingerprint density at radius 3 is 2.31 bits per heavy atom. The highest BCUT2D eigenvalue weighted by atomic mass is 32.2. The van der Waals surface area contributed by atoms with Crippen LogP contribution in [-0.2, 0) is 14.3 Å². The number of carbonyl (C=O) groups is 1. The highest BCUT2D eigenvalue weighted by Gasteiger charge is 2.63. The fourth-order valence-corrected chi connectivity index (χ4v) is 12.5. The van der Waals surface area contributed by atoms with E-state index >= 15 is 0 Å². The molecule has 0 aromatic heterocycles. The number of hydrogen-bond acceptors (Lipinski definition) is 5. The van der Waals surface area contributed by atoms with E-state index < -0.39 is 12.4 Å². The van der Waals surface area contributed by atoms with Gasteiger partial charge in [-0.05, 0) is 24.6 Å². The fraction of sp³-hybridized carbons (Fsp3) is 0.650. The van der Waals surface area contributed by atoms with Crippen LogP contribution in [0.3, 0.4) is 0 Å². The van der Waals surface area contributed by atoms with Gasteiger partial charge in [-0.25, -0.2) is 0 Å². The van der Waals surface area contributed by atoms with Crippen molar-refractivity contribution < 1.29 is 19.0 Å². The van der Waals surface area contributed by atoms with Crippen molar-refractivity contribution in [2.24, 2.45) is 0 Å². The lowest BCUT2D eigenvalue weighted by Crippen LogP contribution is -2.65. The Bertz CT molecular complexity index is 580. The van der Waals surface area contributed by atoms with Crippen LogP contribution in [0.4, 0.5) is 0 Å². The third-order valence-electron chi connectivity index (χ3n) is 5.88. The van der Waals surface area contributed by atoms with Gasteiger partial charge in [0.1, 0.15) is 16.2 Å². The third-order valence-corrected chi connectivity index (χ3v) is 14.9. The summed E-state index contributed by atoms with van der Waals surface area (Å²) in [4.78, 5) is 13.4. The van der Waals surface area contributed by atoms with Gasteiger partial charge in [-0.1, -0.05) is 51.0 Å². The molecule has 1 heterocycles. The topological polar surface area (TPSA) is 44.8 Å². The number of carbonyl (C=O) groups excluding carboxylic acids is 1. The van der Waals surface area contributed by atoms with E-state index in [2.05, 4.69) is 20.8 Å². The smallest absolute Gasteiger partial charge is 0.322 e. The molecule has 6 heteroatoms. The zero-order chi connectivity index (χ0) is 19.2. The summed E-state index contributed by atoms with van der Waals surface area (Å²) in [5.41, 5.74) is 1.04. The number of rotatable bonds is 8. The number of methoxy groups -OCH3 is 1. The van der Waals surface area contributed by atoms with Gasteiger partial charge < -0.3 is 14.2 Å². The second kappa shape index (κ2) is 9.29. The lowest BCUT2D eigenvalue weighted by Gasteiger charge is -2.52. The standard InChI is InChI=1S/C20H32O4SSi/c1-6-23-19(21)20(26(7-2,8-3)9-4)18(24-14-15-25-20)16-10-12-17(22-5)13-11-16/h10-13,18H,6-9,14-15H2,1-5H3/t18-,20-/m1/s1. The monoisotopic (exact) mass is 396 g/mol. The Morgan fingerprint density at radius 1 is 1.19 bits per heavy atom. The highest BCUT2D eigenvalue weighted by Crippen LogP contribution is 2.54. The Hall–Kier alpha value is -0.983. The van der Waals surface area contributed by atoms with E-state index in [1.54, 1.807) is 18.9 Å². The molecule has 4 nitrogen and oxygen atoms in total. The maximum Gasteiger partial charge on any atom is 0.322 e. The number of ether oxygens (including phenoxy) is 3. The Labute approximate surface area is 163 Å². The summed E-state index contributed by atoms with van der Waals surface area (Å²) < 4.78 is 16.7. The van der Waals surface area contributed by atoms with Gasteiger partial charge >= 0.3 is 5.97 Å². The van der Waals surface area contributed by atoms with Crippen LogP contribution < -0.4 is 4.74 Å². The predicted molar refractivity (Wildman–Crippen MR) is 111 cm³/mol. The zero-order valence-electron chi connectivity index (χ0n) is 16.7. The minimum Gasteiger partial charge on any atom is -0.497 e. The van der Waals surface area contributed by atoms with Crippen LogP contribution in [0.1, 0.15) is 39.4 Å². The molecule has 0 saturated carbocycles. The van der Waals surface area contributed by atoms with Crippen LogP contribution in [-0.4, -0.2) is 44.5 Å². The Balaban J connectivity index is 2.61. The first-order chi connectivity index (χ1) is 12.5. The van der Waals surface area contributed by atoms with Gasteiger partial charge in [-0.15, -0.1) is 11.8 Å². The van der Waals surface area contributed by atoms with Gasteiger partial charge in [-0.2, -0.15) is 0 Å². The molecule has 0 bridgehead atoms. The Kier molecular flexibility index (Phi) is 7.61. The van der Waals surface area contributed by atoms with Crippen LogP contribution in [0, 0.1) is 0 Å². The summed E-state index contributed by atoms with van der Waals surface area (Å²) in [7, 11) is -0.342. The van der Waals surface area contributed by atoms with Crippen LogP contribution in [0.15, 0.2) is 24.3 Å². The molecule has 1 saturated heterocycles. The first-order valence-electron chi connectivity index (χ1n) is 9.61. The molecule has 0 N–H and O–H groups in total. The molecule has 0 aliphatic carbocycles. The molecule has 0 radical (unpaired) electrons. The van der Waals surface area contributed by atoms with Crippen molar-refractivity contribution >= 4 is 25.8 Å². The van der Waals surface area contributed by atoms with Gasteiger partial charge in [0.25, 0.3) is 0 Å². The average Bonchev–Trinajstić information content (AvgIpc) is 2.70. The molecule has 2 atom stereocenters. The van der Waals surface area contributed by atoms with Gasteiger partial charge in [-0.3, -0.25) is 4.79 Å². The number of benzene rings is 1. The molecule has 1 aromatic carbocycles. The maximum absolute atomic E-state index is 13.4. The molecule has 0 unspecified atom stereocenters. The molecule has 1 aliphatic rings. The van der Waals surface area contributed by atoms with Gasteiger partial charge in [0.2, 0.25) is 0 Å². The van der Waals surface area contributed by atoms with Crippen molar-refractivity contribution in [3.8, 4) is 5.75 Å². The van der Waals surface area contributed by atoms with E-state index in [-0.39, 0.29) is 12.1 Å².